The first-order valence-electron chi connectivity index (χ1n) is 5.34. The van der Waals surface area contributed by atoms with Gasteiger partial charge in [-0.05, 0) is 24.6 Å². The lowest BCUT2D eigenvalue weighted by molar-refractivity contribution is 0.658. The molecule has 1 aromatic carbocycles. The van der Waals surface area contributed by atoms with Crippen LogP contribution in [0.2, 0.25) is 5.02 Å². The molecule has 17 heavy (non-hydrogen) atoms. The van der Waals surface area contributed by atoms with Gasteiger partial charge in [0, 0.05) is 27.8 Å². The van der Waals surface area contributed by atoms with Crippen molar-refractivity contribution in [1.82, 2.24) is 9.78 Å². The highest BCUT2D eigenvalue weighted by atomic mass is 79.9. The van der Waals surface area contributed by atoms with Crippen LogP contribution in [0.15, 0.2) is 35.1 Å². The molecule has 1 aromatic heterocycles. The smallest absolute Gasteiger partial charge is 0.0597 e. The van der Waals surface area contributed by atoms with Crippen molar-refractivity contribution in [2.24, 2.45) is 5.73 Å². The summed E-state index contributed by atoms with van der Waals surface area (Å²) in [5.74, 6) is 0. The number of hydrogen-bond donors (Lipinski definition) is 1. The van der Waals surface area contributed by atoms with E-state index >= 15 is 0 Å². The Kier molecular flexibility index (Phi) is 3.86. The summed E-state index contributed by atoms with van der Waals surface area (Å²) in [6, 6.07) is 5.48. The third kappa shape index (κ3) is 2.70. The molecule has 0 spiro atoms. The van der Waals surface area contributed by atoms with Gasteiger partial charge in [0.05, 0.1) is 12.2 Å². The van der Waals surface area contributed by atoms with E-state index in [0.717, 1.165) is 22.1 Å². The summed E-state index contributed by atoms with van der Waals surface area (Å²) in [7, 11) is 0. The van der Waals surface area contributed by atoms with Crippen LogP contribution >= 0.6 is 27.5 Å². The topological polar surface area (TPSA) is 43.8 Å². The van der Waals surface area contributed by atoms with Gasteiger partial charge in [-0.15, -0.1) is 0 Å². The van der Waals surface area contributed by atoms with Gasteiger partial charge >= 0.3 is 0 Å². The Morgan fingerprint density at radius 2 is 2.29 bits per heavy atom. The molecule has 0 radical (unpaired) electrons. The van der Waals surface area contributed by atoms with Gasteiger partial charge in [-0.3, -0.25) is 4.68 Å². The van der Waals surface area contributed by atoms with Crippen LogP contribution in [0.1, 0.15) is 24.1 Å². The van der Waals surface area contributed by atoms with Crippen LogP contribution in [0.4, 0.5) is 0 Å². The van der Waals surface area contributed by atoms with Crippen molar-refractivity contribution in [2.45, 2.75) is 19.5 Å². The monoisotopic (exact) mass is 313 g/mol. The van der Waals surface area contributed by atoms with Crippen LogP contribution < -0.4 is 5.73 Å². The number of halogens is 2. The lowest BCUT2D eigenvalue weighted by Crippen LogP contribution is -2.11. The largest absolute Gasteiger partial charge is 0.320 e. The molecule has 1 heterocycles. The second-order valence-electron chi connectivity index (χ2n) is 3.77. The van der Waals surface area contributed by atoms with Crippen molar-refractivity contribution in [1.29, 1.82) is 0 Å². The Morgan fingerprint density at radius 1 is 1.53 bits per heavy atom. The molecular formula is C12H13BrClN3. The fourth-order valence-corrected chi connectivity index (χ4v) is 2.44. The van der Waals surface area contributed by atoms with Crippen LogP contribution in [-0.4, -0.2) is 9.78 Å². The summed E-state index contributed by atoms with van der Waals surface area (Å²) in [6.45, 7) is 2.87. The third-order valence-corrected chi connectivity index (χ3v) is 3.45. The van der Waals surface area contributed by atoms with E-state index in [0.29, 0.717) is 5.02 Å². The maximum absolute atomic E-state index is 6.18. The van der Waals surface area contributed by atoms with Gasteiger partial charge in [0.15, 0.2) is 0 Å². The average molecular weight is 315 g/mol. The summed E-state index contributed by atoms with van der Waals surface area (Å²) in [4.78, 5) is 0. The molecule has 2 rings (SSSR count). The second kappa shape index (κ2) is 5.21. The van der Waals surface area contributed by atoms with E-state index in [9.17, 15) is 0 Å². The van der Waals surface area contributed by atoms with Crippen LogP contribution in [0, 0.1) is 0 Å². The van der Waals surface area contributed by atoms with Gasteiger partial charge in [0.25, 0.3) is 0 Å². The molecule has 0 bridgehead atoms. The number of nitrogens with two attached hydrogens (primary N) is 1. The van der Waals surface area contributed by atoms with Crippen molar-refractivity contribution in [2.75, 3.05) is 0 Å². The number of benzene rings is 1. The van der Waals surface area contributed by atoms with Crippen molar-refractivity contribution >= 4 is 27.5 Å². The number of nitrogens with zero attached hydrogens (tertiary/aromatic N) is 2. The van der Waals surface area contributed by atoms with Crippen molar-refractivity contribution < 1.29 is 0 Å². The van der Waals surface area contributed by atoms with Crippen molar-refractivity contribution in [3.8, 4) is 0 Å². The Bertz CT molecular complexity index is 524. The number of rotatable bonds is 3. The molecule has 2 aromatic rings. The van der Waals surface area contributed by atoms with Crippen molar-refractivity contribution in [3.05, 3.63) is 51.2 Å². The van der Waals surface area contributed by atoms with Crippen molar-refractivity contribution in [3.63, 3.8) is 0 Å². The minimum atomic E-state index is -0.240. The van der Waals surface area contributed by atoms with E-state index < -0.39 is 0 Å². The molecule has 3 nitrogen and oxygen atoms in total. The Labute approximate surface area is 114 Å². The zero-order valence-corrected chi connectivity index (χ0v) is 11.7. The minimum absolute atomic E-state index is 0.240. The van der Waals surface area contributed by atoms with E-state index in [1.165, 1.54) is 0 Å². The quantitative estimate of drug-likeness (QED) is 0.944. The minimum Gasteiger partial charge on any atom is -0.320 e. The normalized spacial score (nSPS) is 12.7. The predicted molar refractivity (Wildman–Crippen MR) is 73.1 cm³/mol. The first kappa shape index (κ1) is 12.6. The van der Waals surface area contributed by atoms with Gasteiger partial charge in [-0.1, -0.05) is 33.6 Å². The van der Waals surface area contributed by atoms with Crippen LogP contribution in [0.25, 0.3) is 0 Å². The van der Waals surface area contributed by atoms with E-state index in [4.69, 9.17) is 17.3 Å². The Morgan fingerprint density at radius 3 is 2.88 bits per heavy atom. The summed E-state index contributed by atoms with van der Waals surface area (Å²) in [5.41, 5.74) is 8.06. The summed E-state index contributed by atoms with van der Waals surface area (Å²) in [5, 5.41) is 4.88. The molecule has 1 unspecified atom stereocenters. The van der Waals surface area contributed by atoms with Gasteiger partial charge in [-0.25, -0.2) is 0 Å². The third-order valence-electron chi connectivity index (χ3n) is 2.63. The summed E-state index contributed by atoms with van der Waals surface area (Å²) in [6.07, 6.45) is 3.73. The highest BCUT2D eigenvalue weighted by Crippen LogP contribution is 2.28. The Hall–Kier alpha value is -0.840. The molecule has 2 N–H and O–H groups in total. The number of hydrogen-bond acceptors (Lipinski definition) is 2. The van der Waals surface area contributed by atoms with Gasteiger partial charge in [0.2, 0.25) is 0 Å². The second-order valence-corrected chi connectivity index (χ2v) is 5.10. The standard InChI is InChI=1S/C12H13BrClN3/c1-2-17-7-8(6-16-17)12(15)10-4-3-9(13)5-11(10)14/h3-7,12H,2,15H2,1H3. The average Bonchev–Trinajstić information content (AvgIpc) is 2.76. The number of aromatic nitrogens is 2. The van der Waals surface area contributed by atoms with Crippen LogP contribution in [0.5, 0.6) is 0 Å². The highest BCUT2D eigenvalue weighted by molar-refractivity contribution is 9.10. The molecule has 5 heteroatoms. The molecule has 0 aliphatic heterocycles. The van der Waals surface area contributed by atoms with Crippen LogP contribution in [-0.2, 0) is 6.54 Å². The fourth-order valence-electron chi connectivity index (χ4n) is 1.65. The molecule has 0 amide bonds. The lowest BCUT2D eigenvalue weighted by atomic mass is 10.0. The molecule has 0 fully saturated rings. The number of aryl methyl sites for hydroxylation is 1. The fraction of sp³-hybridized carbons (Fsp3) is 0.250. The van der Waals surface area contributed by atoms with Gasteiger partial charge in [-0.2, -0.15) is 5.10 Å². The highest BCUT2D eigenvalue weighted by Gasteiger charge is 2.14. The van der Waals surface area contributed by atoms with E-state index in [2.05, 4.69) is 21.0 Å². The molecule has 0 saturated heterocycles. The van der Waals surface area contributed by atoms with E-state index in [-0.39, 0.29) is 6.04 Å². The summed E-state index contributed by atoms with van der Waals surface area (Å²) >= 11 is 9.55. The maximum atomic E-state index is 6.18. The first-order valence-corrected chi connectivity index (χ1v) is 6.51. The molecule has 0 aliphatic carbocycles. The summed E-state index contributed by atoms with van der Waals surface area (Å²) < 4.78 is 2.80. The predicted octanol–water partition coefficient (Wildman–Crippen LogP) is 3.37. The molecule has 0 aliphatic rings. The van der Waals surface area contributed by atoms with E-state index in [1.54, 1.807) is 6.20 Å². The molecular weight excluding hydrogens is 302 g/mol. The zero-order chi connectivity index (χ0) is 12.4. The SMILES string of the molecule is CCn1cc(C(N)c2ccc(Br)cc2Cl)cn1. The molecule has 0 saturated carbocycles. The van der Waals surface area contributed by atoms with Gasteiger partial charge in [0.1, 0.15) is 0 Å². The van der Waals surface area contributed by atoms with Crippen LogP contribution in [0.3, 0.4) is 0 Å². The molecule has 90 valence electrons. The van der Waals surface area contributed by atoms with Gasteiger partial charge < -0.3 is 5.73 Å². The lowest BCUT2D eigenvalue weighted by Gasteiger charge is -2.12. The zero-order valence-electron chi connectivity index (χ0n) is 9.40. The molecule has 1 atom stereocenters. The first-order chi connectivity index (χ1) is 8.11. The van der Waals surface area contributed by atoms with E-state index in [1.807, 2.05) is 36.0 Å². The Balaban J connectivity index is 2.33. The maximum Gasteiger partial charge on any atom is 0.0597 e.